The fourth-order valence-electron chi connectivity index (χ4n) is 2.41. The molecule has 3 rings (SSSR count). The molecule has 0 amide bonds. The van der Waals surface area contributed by atoms with E-state index in [1.807, 2.05) is 0 Å². The molecular formula is C11H14N2. The number of nitrogens with one attached hydrogen (secondary N) is 1. The van der Waals surface area contributed by atoms with E-state index >= 15 is 0 Å². The molecule has 0 spiro atoms. The lowest BCUT2D eigenvalue weighted by molar-refractivity contribution is 0.745. The van der Waals surface area contributed by atoms with Gasteiger partial charge in [-0.1, -0.05) is 6.92 Å². The highest BCUT2D eigenvalue weighted by Crippen LogP contribution is 2.35. The molecule has 0 radical (unpaired) electrons. The second kappa shape index (κ2) is 2.47. The monoisotopic (exact) mass is 174 g/mol. The van der Waals surface area contributed by atoms with Gasteiger partial charge in [0.2, 0.25) is 0 Å². The van der Waals surface area contributed by atoms with Gasteiger partial charge in [0.1, 0.15) is 5.82 Å². The first-order valence-corrected chi connectivity index (χ1v) is 5.11. The summed E-state index contributed by atoms with van der Waals surface area (Å²) in [5, 5.41) is 3.33. The third-order valence-electron chi connectivity index (χ3n) is 3.25. The van der Waals surface area contributed by atoms with Gasteiger partial charge in [-0.2, -0.15) is 0 Å². The van der Waals surface area contributed by atoms with E-state index in [-0.39, 0.29) is 0 Å². The predicted molar refractivity (Wildman–Crippen MR) is 53.2 cm³/mol. The Morgan fingerprint density at radius 1 is 1.46 bits per heavy atom. The minimum absolute atomic E-state index is 0.730. The van der Waals surface area contributed by atoms with Crippen molar-refractivity contribution in [1.82, 2.24) is 4.98 Å². The SMILES string of the molecule is CC1CCc2nc3c(cc21)CCN3. The van der Waals surface area contributed by atoms with Crippen LogP contribution in [0.2, 0.25) is 0 Å². The molecule has 1 aromatic rings. The Hall–Kier alpha value is -1.05. The number of anilines is 1. The Morgan fingerprint density at radius 3 is 3.31 bits per heavy atom. The van der Waals surface area contributed by atoms with Crippen molar-refractivity contribution >= 4 is 5.82 Å². The number of hydrogen-bond acceptors (Lipinski definition) is 2. The van der Waals surface area contributed by atoms with Crippen molar-refractivity contribution in [2.45, 2.75) is 32.1 Å². The van der Waals surface area contributed by atoms with Gasteiger partial charge in [-0.3, -0.25) is 0 Å². The van der Waals surface area contributed by atoms with Gasteiger partial charge < -0.3 is 5.32 Å². The number of fused-ring (bicyclic) bond motifs is 2. The molecule has 1 aliphatic heterocycles. The second-order valence-corrected chi connectivity index (χ2v) is 4.15. The Balaban J connectivity index is 2.16. The van der Waals surface area contributed by atoms with E-state index < -0.39 is 0 Å². The van der Waals surface area contributed by atoms with Gasteiger partial charge in [-0.15, -0.1) is 0 Å². The zero-order chi connectivity index (χ0) is 8.84. The van der Waals surface area contributed by atoms with E-state index in [2.05, 4.69) is 23.3 Å². The molecule has 2 nitrogen and oxygen atoms in total. The first kappa shape index (κ1) is 7.36. The lowest BCUT2D eigenvalue weighted by Crippen LogP contribution is -1.96. The topological polar surface area (TPSA) is 24.9 Å². The molecule has 0 saturated heterocycles. The molecule has 0 bridgehead atoms. The first-order valence-electron chi connectivity index (χ1n) is 5.11. The van der Waals surface area contributed by atoms with Crippen LogP contribution in [0, 0.1) is 0 Å². The van der Waals surface area contributed by atoms with Crippen LogP contribution in [-0.2, 0) is 12.8 Å². The minimum atomic E-state index is 0.730. The van der Waals surface area contributed by atoms with Crippen LogP contribution < -0.4 is 5.32 Å². The van der Waals surface area contributed by atoms with Crippen molar-refractivity contribution in [2.75, 3.05) is 11.9 Å². The molecule has 2 heterocycles. The molecule has 0 fully saturated rings. The minimum Gasteiger partial charge on any atom is -0.370 e. The Morgan fingerprint density at radius 2 is 2.38 bits per heavy atom. The maximum Gasteiger partial charge on any atom is 0.129 e. The summed E-state index contributed by atoms with van der Waals surface area (Å²) in [6.45, 7) is 3.38. The van der Waals surface area contributed by atoms with Crippen LogP contribution in [0.4, 0.5) is 5.82 Å². The quantitative estimate of drug-likeness (QED) is 0.651. The van der Waals surface area contributed by atoms with Crippen LogP contribution in [0.1, 0.15) is 36.1 Å². The average Bonchev–Trinajstić information content (AvgIpc) is 2.70. The van der Waals surface area contributed by atoms with Crippen LogP contribution in [0.3, 0.4) is 0 Å². The van der Waals surface area contributed by atoms with E-state index in [4.69, 9.17) is 0 Å². The van der Waals surface area contributed by atoms with Crippen molar-refractivity contribution in [3.05, 3.63) is 22.9 Å². The van der Waals surface area contributed by atoms with Crippen molar-refractivity contribution < 1.29 is 0 Å². The molecular weight excluding hydrogens is 160 g/mol. The summed E-state index contributed by atoms with van der Waals surface area (Å²) in [4.78, 5) is 4.67. The fraction of sp³-hybridized carbons (Fsp3) is 0.545. The first-order chi connectivity index (χ1) is 6.34. The summed E-state index contributed by atoms with van der Waals surface area (Å²) in [5.41, 5.74) is 4.26. The zero-order valence-corrected chi connectivity index (χ0v) is 7.93. The van der Waals surface area contributed by atoms with Gasteiger partial charge in [0.15, 0.2) is 0 Å². The molecule has 2 heteroatoms. The van der Waals surface area contributed by atoms with E-state index in [0.717, 1.165) is 24.7 Å². The van der Waals surface area contributed by atoms with Crippen LogP contribution in [0.25, 0.3) is 0 Å². The third kappa shape index (κ3) is 0.978. The summed E-state index contributed by atoms with van der Waals surface area (Å²) in [6, 6.07) is 2.37. The predicted octanol–water partition coefficient (Wildman–Crippen LogP) is 2.10. The largest absolute Gasteiger partial charge is 0.370 e. The van der Waals surface area contributed by atoms with Crippen LogP contribution in [0.15, 0.2) is 6.07 Å². The Bertz CT molecular complexity index is 357. The van der Waals surface area contributed by atoms with E-state index in [1.54, 1.807) is 0 Å². The van der Waals surface area contributed by atoms with Crippen molar-refractivity contribution in [3.63, 3.8) is 0 Å². The lowest BCUT2D eigenvalue weighted by Gasteiger charge is -2.06. The highest BCUT2D eigenvalue weighted by atomic mass is 15.0. The van der Waals surface area contributed by atoms with Gasteiger partial charge in [-0.05, 0) is 42.4 Å². The fourth-order valence-corrected chi connectivity index (χ4v) is 2.41. The summed E-state index contributed by atoms with van der Waals surface area (Å²) in [7, 11) is 0. The van der Waals surface area contributed by atoms with Gasteiger partial charge in [0.25, 0.3) is 0 Å². The van der Waals surface area contributed by atoms with Crippen LogP contribution in [-0.4, -0.2) is 11.5 Å². The number of aromatic nitrogens is 1. The molecule has 2 aliphatic rings. The smallest absolute Gasteiger partial charge is 0.129 e. The Labute approximate surface area is 78.4 Å². The van der Waals surface area contributed by atoms with E-state index in [0.29, 0.717) is 0 Å². The molecule has 68 valence electrons. The molecule has 1 N–H and O–H groups in total. The van der Waals surface area contributed by atoms with Crippen LogP contribution >= 0.6 is 0 Å². The molecule has 1 unspecified atom stereocenters. The molecule has 1 aromatic heterocycles. The summed E-state index contributed by atoms with van der Waals surface area (Å²) in [5.74, 6) is 1.88. The van der Waals surface area contributed by atoms with Crippen molar-refractivity contribution in [2.24, 2.45) is 0 Å². The van der Waals surface area contributed by atoms with Crippen molar-refractivity contribution in [1.29, 1.82) is 0 Å². The molecule has 1 atom stereocenters. The summed E-state index contributed by atoms with van der Waals surface area (Å²) >= 11 is 0. The number of pyridine rings is 1. The summed E-state index contributed by atoms with van der Waals surface area (Å²) in [6.07, 6.45) is 3.61. The van der Waals surface area contributed by atoms with Gasteiger partial charge >= 0.3 is 0 Å². The average molecular weight is 174 g/mol. The highest BCUT2D eigenvalue weighted by Gasteiger charge is 2.23. The number of hydrogen-bond donors (Lipinski definition) is 1. The number of aryl methyl sites for hydroxylation is 1. The van der Waals surface area contributed by atoms with Gasteiger partial charge in [0, 0.05) is 12.2 Å². The van der Waals surface area contributed by atoms with Gasteiger partial charge in [0.05, 0.1) is 0 Å². The van der Waals surface area contributed by atoms with Crippen molar-refractivity contribution in [3.8, 4) is 0 Å². The van der Waals surface area contributed by atoms with E-state index in [1.165, 1.54) is 29.7 Å². The molecule has 0 saturated carbocycles. The second-order valence-electron chi connectivity index (χ2n) is 4.15. The maximum absolute atomic E-state index is 4.67. The number of rotatable bonds is 0. The third-order valence-corrected chi connectivity index (χ3v) is 3.25. The molecule has 1 aliphatic carbocycles. The maximum atomic E-state index is 4.67. The van der Waals surface area contributed by atoms with E-state index in [9.17, 15) is 0 Å². The van der Waals surface area contributed by atoms with Crippen LogP contribution in [0.5, 0.6) is 0 Å². The van der Waals surface area contributed by atoms with Gasteiger partial charge in [-0.25, -0.2) is 4.98 Å². The zero-order valence-electron chi connectivity index (χ0n) is 7.93. The molecule has 13 heavy (non-hydrogen) atoms. The lowest BCUT2D eigenvalue weighted by atomic mass is 10.0. The number of nitrogens with zero attached hydrogens (tertiary/aromatic N) is 1. The highest BCUT2D eigenvalue weighted by molar-refractivity contribution is 5.53. The molecule has 0 aromatic carbocycles. The Kier molecular flexibility index (Phi) is 1.40. The summed E-state index contributed by atoms with van der Waals surface area (Å²) < 4.78 is 0. The normalized spacial score (nSPS) is 23.9. The standard InChI is InChI=1S/C11H14N2/c1-7-2-3-10-9(7)6-8-4-5-12-11(8)13-10/h6-7H,2-5H2,1H3,(H,12,13).